The molecular weight excluding hydrogens is 334 g/mol. The molecule has 0 atom stereocenters. The topological polar surface area (TPSA) is 57.8 Å². The molecule has 0 aliphatic carbocycles. The summed E-state index contributed by atoms with van der Waals surface area (Å²) < 4.78 is 0. The number of amides is 1. The van der Waals surface area contributed by atoms with E-state index in [2.05, 4.69) is 15.3 Å². The average molecular weight is 348 g/mol. The molecule has 4 aromatic rings. The normalized spacial score (nSPS) is 10.8. The standard InChI is InChI=1S/C20H14ClN3O/c21-14-7-5-13(6-8-14)15-3-1-2-4-18(15)24-20(25)17-10-12-23-19-16(17)9-11-22-19/h1-12H,(H,22,23)(H,24,25). The fourth-order valence-corrected chi connectivity index (χ4v) is 2.95. The van der Waals surface area contributed by atoms with Crippen molar-refractivity contribution in [1.82, 2.24) is 9.97 Å². The van der Waals surface area contributed by atoms with Crippen LogP contribution in [0.1, 0.15) is 10.4 Å². The minimum absolute atomic E-state index is 0.173. The lowest BCUT2D eigenvalue weighted by Crippen LogP contribution is -2.13. The molecule has 25 heavy (non-hydrogen) atoms. The summed E-state index contributed by atoms with van der Waals surface area (Å²) in [5.74, 6) is -0.173. The van der Waals surface area contributed by atoms with Gasteiger partial charge >= 0.3 is 0 Å². The monoisotopic (exact) mass is 347 g/mol. The number of nitrogens with zero attached hydrogens (tertiary/aromatic N) is 1. The Morgan fingerprint density at radius 2 is 1.80 bits per heavy atom. The SMILES string of the molecule is O=C(Nc1ccccc1-c1ccc(Cl)cc1)c1ccnc2[nH]ccc12. The fraction of sp³-hybridized carbons (Fsp3) is 0. The first-order chi connectivity index (χ1) is 12.2. The summed E-state index contributed by atoms with van der Waals surface area (Å²) in [5, 5.41) is 4.48. The maximum Gasteiger partial charge on any atom is 0.256 e. The lowest BCUT2D eigenvalue weighted by molar-refractivity contribution is 0.102. The van der Waals surface area contributed by atoms with Gasteiger partial charge in [0.1, 0.15) is 5.65 Å². The van der Waals surface area contributed by atoms with Crippen LogP contribution in [-0.2, 0) is 0 Å². The van der Waals surface area contributed by atoms with Gasteiger partial charge in [0.2, 0.25) is 0 Å². The van der Waals surface area contributed by atoms with Crippen molar-refractivity contribution < 1.29 is 4.79 Å². The first-order valence-electron chi connectivity index (χ1n) is 7.81. The second-order valence-electron chi connectivity index (χ2n) is 5.61. The quantitative estimate of drug-likeness (QED) is 0.539. The molecule has 0 fully saturated rings. The molecular formula is C20H14ClN3O. The number of rotatable bonds is 3. The molecule has 0 spiro atoms. The van der Waals surface area contributed by atoms with Crippen LogP contribution in [0.5, 0.6) is 0 Å². The number of nitrogens with one attached hydrogen (secondary N) is 2. The van der Waals surface area contributed by atoms with Crippen molar-refractivity contribution in [1.29, 1.82) is 0 Å². The Morgan fingerprint density at radius 3 is 2.64 bits per heavy atom. The molecule has 4 rings (SSSR count). The third-order valence-corrected chi connectivity index (χ3v) is 4.29. The lowest BCUT2D eigenvalue weighted by atomic mass is 10.0. The molecule has 4 nitrogen and oxygen atoms in total. The number of aromatic amines is 1. The number of fused-ring (bicyclic) bond motifs is 1. The van der Waals surface area contributed by atoms with E-state index in [9.17, 15) is 4.79 Å². The predicted molar refractivity (Wildman–Crippen MR) is 101 cm³/mol. The molecule has 2 aromatic heterocycles. The van der Waals surface area contributed by atoms with E-state index in [1.54, 1.807) is 18.5 Å². The average Bonchev–Trinajstić information content (AvgIpc) is 3.11. The van der Waals surface area contributed by atoms with Crippen molar-refractivity contribution in [2.75, 3.05) is 5.32 Å². The van der Waals surface area contributed by atoms with Crippen LogP contribution in [-0.4, -0.2) is 15.9 Å². The van der Waals surface area contributed by atoms with E-state index in [-0.39, 0.29) is 5.91 Å². The summed E-state index contributed by atoms with van der Waals surface area (Å²) in [7, 11) is 0. The van der Waals surface area contributed by atoms with Crippen molar-refractivity contribution in [3.63, 3.8) is 0 Å². The number of H-pyrrole nitrogens is 1. The van der Waals surface area contributed by atoms with E-state index in [1.807, 2.05) is 54.6 Å². The third kappa shape index (κ3) is 2.99. The van der Waals surface area contributed by atoms with Crippen molar-refractivity contribution in [2.24, 2.45) is 0 Å². The number of hydrogen-bond donors (Lipinski definition) is 2. The number of anilines is 1. The number of hydrogen-bond acceptors (Lipinski definition) is 2. The maximum atomic E-state index is 12.8. The number of para-hydroxylation sites is 1. The van der Waals surface area contributed by atoms with Crippen LogP contribution in [0, 0.1) is 0 Å². The summed E-state index contributed by atoms with van der Waals surface area (Å²) in [6, 6.07) is 18.8. The molecule has 0 saturated carbocycles. The molecule has 0 aliphatic heterocycles. The Balaban J connectivity index is 1.70. The van der Waals surface area contributed by atoms with Crippen molar-refractivity contribution in [3.8, 4) is 11.1 Å². The van der Waals surface area contributed by atoms with Gasteiger partial charge in [-0.3, -0.25) is 4.79 Å². The highest BCUT2D eigenvalue weighted by Crippen LogP contribution is 2.29. The zero-order chi connectivity index (χ0) is 17.2. The van der Waals surface area contributed by atoms with Crippen LogP contribution in [0.3, 0.4) is 0 Å². The Kier molecular flexibility index (Phi) is 3.96. The van der Waals surface area contributed by atoms with E-state index in [0.29, 0.717) is 16.2 Å². The number of carbonyl (C=O) groups is 1. The Morgan fingerprint density at radius 1 is 1.00 bits per heavy atom. The van der Waals surface area contributed by atoms with Gasteiger partial charge in [-0.05, 0) is 35.9 Å². The molecule has 1 amide bonds. The molecule has 5 heteroatoms. The molecule has 0 radical (unpaired) electrons. The molecule has 0 saturated heterocycles. The first-order valence-corrected chi connectivity index (χ1v) is 8.18. The van der Waals surface area contributed by atoms with Gasteiger partial charge in [-0.2, -0.15) is 0 Å². The van der Waals surface area contributed by atoms with Crippen LogP contribution in [0.25, 0.3) is 22.2 Å². The van der Waals surface area contributed by atoms with Gasteiger partial charge in [0, 0.05) is 34.1 Å². The van der Waals surface area contributed by atoms with Crippen LogP contribution in [0.15, 0.2) is 73.1 Å². The number of aromatic nitrogens is 2. The summed E-state index contributed by atoms with van der Waals surface area (Å²) in [4.78, 5) is 20.0. The van der Waals surface area contributed by atoms with Crippen molar-refractivity contribution in [3.05, 3.63) is 83.6 Å². The fourth-order valence-electron chi connectivity index (χ4n) is 2.82. The van der Waals surface area contributed by atoms with E-state index < -0.39 is 0 Å². The van der Waals surface area contributed by atoms with Crippen LogP contribution >= 0.6 is 11.6 Å². The van der Waals surface area contributed by atoms with E-state index >= 15 is 0 Å². The maximum absolute atomic E-state index is 12.8. The first kappa shape index (κ1) is 15.4. The van der Waals surface area contributed by atoms with Gasteiger partial charge in [0.15, 0.2) is 0 Å². The number of pyridine rings is 1. The van der Waals surface area contributed by atoms with Gasteiger partial charge in [0.25, 0.3) is 5.91 Å². The number of halogens is 1. The van der Waals surface area contributed by atoms with Gasteiger partial charge in [0.05, 0.1) is 5.56 Å². The Bertz CT molecular complexity index is 1050. The zero-order valence-corrected chi connectivity index (χ0v) is 13.9. The number of carbonyl (C=O) groups excluding carboxylic acids is 1. The second-order valence-corrected chi connectivity index (χ2v) is 6.04. The largest absolute Gasteiger partial charge is 0.346 e. The summed E-state index contributed by atoms with van der Waals surface area (Å²) in [6.45, 7) is 0. The third-order valence-electron chi connectivity index (χ3n) is 4.04. The number of benzene rings is 2. The van der Waals surface area contributed by atoms with E-state index in [4.69, 9.17) is 11.6 Å². The second kappa shape index (κ2) is 6.42. The van der Waals surface area contributed by atoms with Gasteiger partial charge in [-0.25, -0.2) is 4.98 Å². The van der Waals surface area contributed by atoms with Gasteiger partial charge < -0.3 is 10.3 Å². The molecule has 122 valence electrons. The zero-order valence-electron chi connectivity index (χ0n) is 13.2. The van der Waals surface area contributed by atoms with E-state index in [1.165, 1.54) is 0 Å². The van der Waals surface area contributed by atoms with Crippen molar-refractivity contribution in [2.45, 2.75) is 0 Å². The highest BCUT2D eigenvalue weighted by atomic mass is 35.5. The molecule has 0 unspecified atom stereocenters. The summed E-state index contributed by atoms with van der Waals surface area (Å²) >= 11 is 5.97. The summed E-state index contributed by atoms with van der Waals surface area (Å²) in [6.07, 6.45) is 3.40. The van der Waals surface area contributed by atoms with Gasteiger partial charge in [-0.15, -0.1) is 0 Å². The minimum atomic E-state index is -0.173. The highest BCUT2D eigenvalue weighted by molar-refractivity contribution is 6.30. The van der Waals surface area contributed by atoms with Crippen LogP contribution in [0.2, 0.25) is 5.02 Å². The molecule has 2 aromatic carbocycles. The van der Waals surface area contributed by atoms with Gasteiger partial charge in [-0.1, -0.05) is 41.9 Å². The molecule has 2 N–H and O–H groups in total. The minimum Gasteiger partial charge on any atom is -0.346 e. The van der Waals surface area contributed by atoms with E-state index in [0.717, 1.165) is 22.2 Å². The molecule has 0 bridgehead atoms. The molecule has 2 heterocycles. The molecule has 0 aliphatic rings. The predicted octanol–water partition coefficient (Wildman–Crippen LogP) is 5.14. The lowest BCUT2D eigenvalue weighted by Gasteiger charge is -2.12. The smallest absolute Gasteiger partial charge is 0.256 e. The van der Waals surface area contributed by atoms with Crippen LogP contribution < -0.4 is 5.32 Å². The Hall–Kier alpha value is -3.11. The summed E-state index contributed by atoms with van der Waals surface area (Å²) in [5.41, 5.74) is 3.94. The highest BCUT2D eigenvalue weighted by Gasteiger charge is 2.13. The van der Waals surface area contributed by atoms with Crippen LogP contribution in [0.4, 0.5) is 5.69 Å². The van der Waals surface area contributed by atoms with Crippen molar-refractivity contribution >= 4 is 34.2 Å². The Labute approximate surface area is 149 Å².